The third-order valence-corrected chi connectivity index (χ3v) is 3.70. The van der Waals surface area contributed by atoms with Crippen LogP contribution in [0.15, 0.2) is 24.3 Å². The van der Waals surface area contributed by atoms with E-state index >= 15 is 0 Å². The minimum atomic E-state index is -2.36. The number of nitrogens with zero attached hydrogens (tertiary/aromatic N) is 2. The van der Waals surface area contributed by atoms with Gasteiger partial charge >= 0.3 is 6.03 Å². The molecule has 5 nitrogen and oxygen atoms in total. The smallest absolute Gasteiger partial charge is 0.321 e. The summed E-state index contributed by atoms with van der Waals surface area (Å²) in [5.74, 6) is 0.476. The van der Waals surface area contributed by atoms with Crippen molar-refractivity contribution in [2.75, 3.05) is 51.3 Å². The molecule has 24 heavy (non-hydrogen) atoms. The highest BCUT2D eigenvalue weighted by atomic mass is 19.3. The maximum atomic E-state index is 12.5. The van der Waals surface area contributed by atoms with Gasteiger partial charge in [-0.05, 0) is 18.6 Å². The van der Waals surface area contributed by atoms with Gasteiger partial charge in [0, 0.05) is 37.9 Å². The fraction of sp³-hybridized carbons (Fsp3) is 0.562. The molecule has 0 aromatic heterocycles. The van der Waals surface area contributed by atoms with E-state index in [0.717, 1.165) is 0 Å². The van der Waals surface area contributed by atoms with Crippen LogP contribution in [0.1, 0.15) is 6.42 Å². The zero-order valence-corrected chi connectivity index (χ0v) is 13.4. The van der Waals surface area contributed by atoms with E-state index in [2.05, 4.69) is 5.32 Å². The third kappa shape index (κ3) is 5.92. The number of rotatable bonds is 6. The highest BCUT2D eigenvalue weighted by molar-refractivity contribution is 5.89. The molecule has 0 aliphatic carbocycles. The molecule has 0 radical (unpaired) electrons. The normalized spacial score (nSPS) is 16.1. The van der Waals surface area contributed by atoms with Gasteiger partial charge < -0.3 is 15.0 Å². The molecular formula is C16H22F3N3O2. The first-order chi connectivity index (χ1) is 11.6. The SMILES string of the molecule is O=C(Nc1cccc(OCCF)c1)N1CCCN(CC(F)F)CC1. The molecule has 1 fully saturated rings. The Morgan fingerprint density at radius 3 is 2.83 bits per heavy atom. The fourth-order valence-electron chi connectivity index (χ4n) is 2.57. The zero-order valence-electron chi connectivity index (χ0n) is 13.4. The Hall–Kier alpha value is -1.96. The first-order valence-electron chi connectivity index (χ1n) is 7.93. The number of hydrogen-bond acceptors (Lipinski definition) is 3. The second-order valence-corrected chi connectivity index (χ2v) is 5.53. The number of amides is 2. The summed E-state index contributed by atoms with van der Waals surface area (Å²) in [4.78, 5) is 15.6. The van der Waals surface area contributed by atoms with Crippen molar-refractivity contribution in [1.82, 2.24) is 9.80 Å². The van der Waals surface area contributed by atoms with Crippen LogP contribution in [0.4, 0.5) is 23.7 Å². The average molecular weight is 345 g/mol. The second-order valence-electron chi connectivity index (χ2n) is 5.53. The molecule has 2 amide bonds. The minimum Gasteiger partial charge on any atom is -0.491 e. The van der Waals surface area contributed by atoms with Crippen LogP contribution in [-0.4, -0.2) is 68.3 Å². The number of carbonyl (C=O) groups excluding carboxylic acids is 1. The first kappa shape index (κ1) is 18.4. The predicted octanol–water partition coefficient (Wildman–Crippen LogP) is 2.84. The van der Waals surface area contributed by atoms with Gasteiger partial charge in [-0.15, -0.1) is 0 Å². The lowest BCUT2D eigenvalue weighted by atomic mass is 10.3. The van der Waals surface area contributed by atoms with E-state index in [9.17, 15) is 18.0 Å². The molecule has 1 saturated heterocycles. The molecule has 0 saturated carbocycles. The number of urea groups is 1. The molecule has 0 spiro atoms. The molecule has 1 N–H and O–H groups in total. The van der Waals surface area contributed by atoms with E-state index in [-0.39, 0.29) is 19.2 Å². The van der Waals surface area contributed by atoms with E-state index in [1.807, 2.05) is 0 Å². The molecule has 1 aliphatic rings. The lowest BCUT2D eigenvalue weighted by Crippen LogP contribution is -2.38. The number of alkyl halides is 3. The quantitative estimate of drug-likeness (QED) is 0.862. The summed E-state index contributed by atoms with van der Waals surface area (Å²) in [6.07, 6.45) is -1.71. The van der Waals surface area contributed by atoms with E-state index in [0.29, 0.717) is 44.0 Å². The Morgan fingerprint density at radius 1 is 1.25 bits per heavy atom. The number of halogens is 3. The highest BCUT2D eigenvalue weighted by Crippen LogP contribution is 2.18. The summed E-state index contributed by atoms with van der Waals surface area (Å²) < 4.78 is 42.2. The molecule has 1 heterocycles. The standard InChI is InChI=1S/C16H22F3N3O2/c17-5-10-24-14-4-1-3-13(11-14)20-16(23)22-7-2-6-21(8-9-22)12-15(18)19/h1,3-4,11,15H,2,5-10,12H2,(H,20,23). The third-order valence-electron chi connectivity index (χ3n) is 3.70. The van der Waals surface area contributed by atoms with Crippen LogP contribution in [0.3, 0.4) is 0 Å². The van der Waals surface area contributed by atoms with Gasteiger partial charge in [-0.25, -0.2) is 18.0 Å². The summed E-state index contributed by atoms with van der Waals surface area (Å²) >= 11 is 0. The molecule has 0 bridgehead atoms. The van der Waals surface area contributed by atoms with Crippen LogP contribution in [0.2, 0.25) is 0 Å². The monoisotopic (exact) mass is 345 g/mol. The Morgan fingerprint density at radius 2 is 2.08 bits per heavy atom. The Balaban J connectivity index is 1.88. The van der Waals surface area contributed by atoms with E-state index in [1.54, 1.807) is 34.1 Å². The highest BCUT2D eigenvalue weighted by Gasteiger charge is 2.21. The molecular weight excluding hydrogens is 323 g/mol. The molecule has 0 atom stereocenters. The van der Waals surface area contributed by atoms with Crippen LogP contribution in [-0.2, 0) is 0 Å². The van der Waals surface area contributed by atoms with Crippen LogP contribution in [0, 0.1) is 0 Å². The lowest BCUT2D eigenvalue weighted by Gasteiger charge is -2.22. The van der Waals surface area contributed by atoms with Crippen LogP contribution in [0.25, 0.3) is 0 Å². The minimum absolute atomic E-state index is 0.0382. The van der Waals surface area contributed by atoms with Crippen molar-refractivity contribution < 1.29 is 22.7 Å². The summed E-state index contributed by atoms with van der Waals surface area (Å²) in [7, 11) is 0. The summed E-state index contributed by atoms with van der Waals surface area (Å²) in [5.41, 5.74) is 0.546. The number of nitrogens with one attached hydrogen (secondary N) is 1. The molecule has 134 valence electrons. The number of hydrogen-bond donors (Lipinski definition) is 1. The van der Waals surface area contributed by atoms with E-state index < -0.39 is 13.1 Å². The molecule has 1 aliphatic heterocycles. The topological polar surface area (TPSA) is 44.8 Å². The van der Waals surface area contributed by atoms with Gasteiger partial charge in [-0.1, -0.05) is 6.07 Å². The maximum absolute atomic E-state index is 12.5. The molecule has 2 rings (SSSR count). The van der Waals surface area contributed by atoms with Crippen LogP contribution >= 0.6 is 0 Å². The van der Waals surface area contributed by atoms with Crippen molar-refractivity contribution in [2.45, 2.75) is 12.8 Å². The van der Waals surface area contributed by atoms with Crippen molar-refractivity contribution in [1.29, 1.82) is 0 Å². The second kappa shape index (κ2) is 9.36. The number of anilines is 1. The van der Waals surface area contributed by atoms with Gasteiger partial charge in [-0.3, -0.25) is 4.90 Å². The van der Waals surface area contributed by atoms with Gasteiger partial charge in [0.2, 0.25) is 0 Å². The van der Waals surface area contributed by atoms with Crippen molar-refractivity contribution in [3.63, 3.8) is 0 Å². The maximum Gasteiger partial charge on any atom is 0.321 e. The van der Waals surface area contributed by atoms with Gasteiger partial charge in [0.25, 0.3) is 6.43 Å². The van der Waals surface area contributed by atoms with Crippen molar-refractivity contribution in [3.05, 3.63) is 24.3 Å². The van der Waals surface area contributed by atoms with E-state index in [4.69, 9.17) is 4.74 Å². The number of benzene rings is 1. The van der Waals surface area contributed by atoms with Gasteiger partial charge in [0.15, 0.2) is 0 Å². The van der Waals surface area contributed by atoms with Crippen molar-refractivity contribution in [3.8, 4) is 5.75 Å². The average Bonchev–Trinajstić information content (AvgIpc) is 2.78. The zero-order chi connectivity index (χ0) is 17.4. The first-order valence-corrected chi connectivity index (χ1v) is 7.93. The molecule has 1 aromatic carbocycles. The summed E-state index contributed by atoms with van der Waals surface area (Å²) in [6.45, 7) is 1.02. The number of carbonyl (C=O) groups is 1. The van der Waals surface area contributed by atoms with Crippen LogP contribution in [0.5, 0.6) is 5.75 Å². The summed E-state index contributed by atoms with van der Waals surface area (Å²) in [5, 5.41) is 2.76. The molecule has 8 heteroatoms. The van der Waals surface area contributed by atoms with Gasteiger partial charge in [-0.2, -0.15) is 0 Å². The Bertz CT molecular complexity index is 531. The van der Waals surface area contributed by atoms with E-state index in [1.165, 1.54) is 0 Å². The Labute approximate surface area is 139 Å². The van der Waals surface area contributed by atoms with Gasteiger partial charge in [0.1, 0.15) is 19.0 Å². The van der Waals surface area contributed by atoms with Crippen LogP contribution < -0.4 is 10.1 Å². The van der Waals surface area contributed by atoms with Gasteiger partial charge in [0.05, 0.1) is 6.54 Å². The lowest BCUT2D eigenvalue weighted by molar-refractivity contribution is 0.0905. The largest absolute Gasteiger partial charge is 0.491 e. The summed E-state index contributed by atoms with van der Waals surface area (Å²) in [6, 6.07) is 6.43. The molecule has 0 unspecified atom stereocenters. The number of ether oxygens (including phenoxy) is 1. The molecule has 1 aromatic rings. The Kier molecular flexibility index (Phi) is 7.17. The van der Waals surface area contributed by atoms with Crippen molar-refractivity contribution in [2.24, 2.45) is 0 Å². The van der Waals surface area contributed by atoms with Crippen molar-refractivity contribution >= 4 is 11.7 Å². The predicted molar refractivity (Wildman–Crippen MR) is 85.6 cm³/mol. The fourth-order valence-corrected chi connectivity index (χ4v) is 2.57.